The summed E-state index contributed by atoms with van der Waals surface area (Å²) in [5.41, 5.74) is 3.11. The first-order chi connectivity index (χ1) is 15.0. The van der Waals surface area contributed by atoms with Gasteiger partial charge in [-0.15, -0.1) is 0 Å². The molecule has 0 spiro atoms. The Bertz CT molecular complexity index is 810. The van der Waals surface area contributed by atoms with Gasteiger partial charge in [-0.05, 0) is 37.6 Å². The highest BCUT2D eigenvalue weighted by molar-refractivity contribution is 7.99. The monoisotopic (exact) mass is 446 g/mol. The number of aromatic nitrogens is 2. The van der Waals surface area contributed by atoms with Crippen LogP contribution < -0.4 is 14.8 Å². The minimum Gasteiger partial charge on any atom is -0.493 e. The number of ether oxygens (including phenoxy) is 2. The number of hydrogen-bond donors (Lipinski definition) is 2. The molecule has 1 aromatic heterocycles. The molecule has 1 fully saturated rings. The molecular formula is C23H34N4O3S. The van der Waals surface area contributed by atoms with Crippen molar-refractivity contribution in [2.75, 3.05) is 51.4 Å². The van der Waals surface area contributed by atoms with E-state index >= 15 is 0 Å². The van der Waals surface area contributed by atoms with Crippen molar-refractivity contribution < 1.29 is 14.6 Å². The van der Waals surface area contributed by atoms with Gasteiger partial charge in [0.1, 0.15) is 18.5 Å². The highest BCUT2D eigenvalue weighted by Crippen LogP contribution is 2.28. The molecule has 31 heavy (non-hydrogen) atoms. The second-order valence-electron chi connectivity index (χ2n) is 7.86. The van der Waals surface area contributed by atoms with Crippen LogP contribution in [0.2, 0.25) is 0 Å². The van der Waals surface area contributed by atoms with Gasteiger partial charge in [-0.2, -0.15) is 11.8 Å². The molecule has 170 valence electrons. The molecule has 0 bridgehead atoms. The molecule has 2 heterocycles. The molecule has 2 N–H and O–H groups in total. The summed E-state index contributed by atoms with van der Waals surface area (Å²) >= 11 is 1.97. The maximum atomic E-state index is 10.3. The van der Waals surface area contributed by atoms with Gasteiger partial charge in [0.25, 0.3) is 0 Å². The molecule has 3 rings (SSSR count). The number of thioether (sulfide) groups is 1. The zero-order valence-corrected chi connectivity index (χ0v) is 19.6. The molecule has 0 saturated carbocycles. The number of rotatable bonds is 11. The highest BCUT2D eigenvalue weighted by atomic mass is 32.2. The average Bonchev–Trinajstić information content (AvgIpc) is 2.75. The van der Waals surface area contributed by atoms with Crippen molar-refractivity contribution in [3.63, 3.8) is 0 Å². The van der Waals surface area contributed by atoms with Crippen molar-refractivity contribution >= 4 is 11.8 Å². The number of methoxy groups -OCH3 is 1. The van der Waals surface area contributed by atoms with E-state index < -0.39 is 6.10 Å². The van der Waals surface area contributed by atoms with Crippen LogP contribution in [0.5, 0.6) is 11.5 Å². The summed E-state index contributed by atoms with van der Waals surface area (Å²) in [6, 6.07) is 7.89. The van der Waals surface area contributed by atoms with Crippen LogP contribution >= 0.6 is 11.8 Å². The lowest BCUT2D eigenvalue weighted by Gasteiger charge is -2.28. The number of nitrogens with zero attached hydrogens (tertiary/aromatic N) is 3. The summed E-state index contributed by atoms with van der Waals surface area (Å²) in [4.78, 5) is 11.2. The molecular weight excluding hydrogens is 412 g/mol. The van der Waals surface area contributed by atoms with Crippen LogP contribution in [0.25, 0.3) is 0 Å². The normalized spacial score (nSPS) is 15.6. The molecule has 1 atom stereocenters. The molecule has 2 aromatic rings. The van der Waals surface area contributed by atoms with Crippen LogP contribution in [0, 0.1) is 13.8 Å². The van der Waals surface area contributed by atoms with Gasteiger partial charge in [0.15, 0.2) is 11.5 Å². The van der Waals surface area contributed by atoms with Crippen molar-refractivity contribution in [1.82, 2.24) is 20.2 Å². The van der Waals surface area contributed by atoms with Crippen LogP contribution in [-0.2, 0) is 13.0 Å². The van der Waals surface area contributed by atoms with Crippen molar-refractivity contribution in [2.45, 2.75) is 32.9 Å². The summed E-state index contributed by atoms with van der Waals surface area (Å²) in [7, 11) is 1.64. The Morgan fingerprint density at radius 3 is 2.58 bits per heavy atom. The molecule has 1 aliphatic rings. The van der Waals surface area contributed by atoms with Crippen LogP contribution in [0.1, 0.15) is 22.8 Å². The van der Waals surface area contributed by atoms with E-state index in [0.717, 1.165) is 66.9 Å². The van der Waals surface area contributed by atoms with E-state index in [4.69, 9.17) is 9.47 Å². The summed E-state index contributed by atoms with van der Waals surface area (Å²) in [5.74, 6) is 4.47. The van der Waals surface area contributed by atoms with Gasteiger partial charge in [-0.25, -0.2) is 9.97 Å². The second kappa shape index (κ2) is 12.2. The van der Waals surface area contributed by atoms with E-state index in [-0.39, 0.29) is 6.61 Å². The first-order valence-corrected chi connectivity index (χ1v) is 12.0. The Balaban J connectivity index is 1.44. The predicted molar refractivity (Wildman–Crippen MR) is 125 cm³/mol. The fraction of sp³-hybridized carbons (Fsp3) is 0.565. The quantitative estimate of drug-likeness (QED) is 0.509. The fourth-order valence-corrected chi connectivity index (χ4v) is 4.58. The predicted octanol–water partition coefficient (Wildman–Crippen LogP) is 2.22. The summed E-state index contributed by atoms with van der Waals surface area (Å²) < 4.78 is 11.4. The van der Waals surface area contributed by atoms with Gasteiger partial charge in [0.05, 0.1) is 7.11 Å². The minimum absolute atomic E-state index is 0.257. The van der Waals surface area contributed by atoms with Gasteiger partial charge in [-0.1, -0.05) is 6.07 Å². The van der Waals surface area contributed by atoms with Crippen molar-refractivity contribution in [2.24, 2.45) is 0 Å². The highest BCUT2D eigenvalue weighted by Gasteiger charge is 2.16. The summed E-state index contributed by atoms with van der Waals surface area (Å²) in [6.07, 6.45) is 0.274. The molecule has 1 aromatic carbocycles. The molecule has 1 saturated heterocycles. The Labute approximate surface area is 189 Å². The Hall–Kier alpha value is -1.87. The van der Waals surface area contributed by atoms with Crippen LogP contribution in [0.3, 0.4) is 0 Å². The topological polar surface area (TPSA) is 79.7 Å². The number of aliphatic hydroxyl groups excluding tert-OH is 1. The van der Waals surface area contributed by atoms with Gasteiger partial charge >= 0.3 is 0 Å². The van der Waals surface area contributed by atoms with Crippen LogP contribution in [0.4, 0.5) is 0 Å². The van der Waals surface area contributed by atoms with Gasteiger partial charge in [0, 0.05) is 62.0 Å². The molecule has 0 amide bonds. The zero-order chi connectivity index (χ0) is 22.1. The zero-order valence-electron chi connectivity index (χ0n) is 18.8. The molecule has 8 heteroatoms. The third-order valence-corrected chi connectivity index (χ3v) is 6.06. The minimum atomic E-state index is -0.512. The lowest BCUT2D eigenvalue weighted by molar-refractivity contribution is 0.0705. The number of aliphatic hydroxyl groups is 1. The third-order valence-electron chi connectivity index (χ3n) is 5.12. The lowest BCUT2D eigenvalue weighted by atomic mass is 10.2. The number of hydrogen-bond acceptors (Lipinski definition) is 8. The molecule has 0 aliphatic carbocycles. The summed E-state index contributed by atoms with van der Waals surface area (Å²) in [6.45, 7) is 8.47. The molecule has 7 nitrogen and oxygen atoms in total. The average molecular weight is 447 g/mol. The van der Waals surface area contributed by atoms with E-state index in [9.17, 15) is 5.11 Å². The smallest absolute Gasteiger partial charge is 0.161 e. The molecule has 0 radical (unpaired) electrons. The number of aryl methyl sites for hydroxylation is 2. The van der Waals surface area contributed by atoms with Crippen LogP contribution in [0.15, 0.2) is 24.3 Å². The van der Waals surface area contributed by atoms with Crippen molar-refractivity contribution in [3.05, 3.63) is 47.0 Å². The lowest BCUT2D eigenvalue weighted by Crippen LogP contribution is -2.40. The van der Waals surface area contributed by atoms with Crippen LogP contribution in [-0.4, -0.2) is 77.5 Å². The van der Waals surface area contributed by atoms with Gasteiger partial charge in [0.2, 0.25) is 0 Å². The first kappa shape index (κ1) is 23.8. The Morgan fingerprint density at radius 1 is 1.13 bits per heavy atom. The van der Waals surface area contributed by atoms with E-state index in [1.807, 2.05) is 49.9 Å². The van der Waals surface area contributed by atoms with E-state index in [2.05, 4.69) is 20.2 Å². The van der Waals surface area contributed by atoms with Gasteiger partial charge < -0.3 is 19.9 Å². The maximum absolute atomic E-state index is 10.3. The fourth-order valence-electron chi connectivity index (χ4n) is 3.61. The Kier molecular flexibility index (Phi) is 9.39. The maximum Gasteiger partial charge on any atom is 0.161 e. The molecule has 1 unspecified atom stereocenters. The number of β-amino-alcohol motifs (C(OH)–C–C–N with tert-alkyl or cyclic N) is 1. The molecule has 1 aliphatic heterocycles. The summed E-state index contributed by atoms with van der Waals surface area (Å²) in [5, 5.41) is 13.7. The second-order valence-corrected chi connectivity index (χ2v) is 9.08. The van der Waals surface area contributed by atoms with E-state index in [1.54, 1.807) is 7.11 Å². The Morgan fingerprint density at radius 2 is 1.87 bits per heavy atom. The first-order valence-electron chi connectivity index (χ1n) is 10.8. The van der Waals surface area contributed by atoms with Crippen molar-refractivity contribution in [1.29, 1.82) is 0 Å². The van der Waals surface area contributed by atoms with Gasteiger partial charge in [-0.3, -0.25) is 4.90 Å². The van der Waals surface area contributed by atoms with Crippen molar-refractivity contribution in [3.8, 4) is 11.5 Å². The standard InChI is InChI=1S/C23H34N4O3S/c1-17-12-18(2)26-23(25-17)6-7-24-14-19-4-5-21(22(13-19)29-3)30-16-20(28)15-27-8-10-31-11-9-27/h4-5,12-13,20,24,28H,6-11,14-16H2,1-3H3. The van der Waals surface area contributed by atoms with E-state index in [0.29, 0.717) is 18.0 Å². The third kappa shape index (κ3) is 7.96. The SMILES string of the molecule is COc1cc(CNCCc2nc(C)cc(C)n2)ccc1OCC(O)CN1CCSCC1. The largest absolute Gasteiger partial charge is 0.493 e. The number of nitrogens with one attached hydrogen (secondary N) is 1. The van der Waals surface area contributed by atoms with E-state index in [1.165, 1.54) is 0 Å². The number of benzene rings is 1.